The quantitative estimate of drug-likeness (QED) is 0.857. The predicted molar refractivity (Wildman–Crippen MR) is 70.7 cm³/mol. The van der Waals surface area contributed by atoms with Crippen LogP contribution in [0.4, 0.5) is 0 Å². The Morgan fingerprint density at radius 3 is 2.44 bits per heavy atom. The average molecular weight is 305 g/mol. The van der Waals surface area contributed by atoms with E-state index in [2.05, 4.69) is 4.98 Å². The number of aromatic nitrogens is 2. The fraction of sp³-hybridized carbons (Fsp3) is 0.182. The van der Waals surface area contributed by atoms with Gasteiger partial charge in [0.15, 0.2) is 0 Å². The van der Waals surface area contributed by atoms with E-state index in [-0.39, 0.29) is 9.92 Å². The molecule has 0 atom stereocenters. The third-order valence-corrected chi connectivity index (χ3v) is 5.19. The molecule has 4 nitrogen and oxygen atoms in total. The van der Waals surface area contributed by atoms with Crippen LogP contribution in [0.25, 0.3) is 0 Å². The van der Waals surface area contributed by atoms with Crippen molar-refractivity contribution in [2.24, 2.45) is 0 Å². The lowest BCUT2D eigenvalue weighted by molar-refractivity contribution is 0.587. The van der Waals surface area contributed by atoms with E-state index >= 15 is 0 Å². The molecule has 0 spiro atoms. The van der Waals surface area contributed by atoms with E-state index in [1.165, 1.54) is 24.7 Å². The van der Waals surface area contributed by atoms with Gasteiger partial charge in [0.25, 0.3) is 10.0 Å². The summed E-state index contributed by atoms with van der Waals surface area (Å²) >= 11 is 11.9. The van der Waals surface area contributed by atoms with Crippen LogP contribution < -0.4 is 0 Å². The zero-order valence-electron chi connectivity index (χ0n) is 9.68. The lowest BCUT2D eigenvalue weighted by atomic mass is 10.2. The number of nitrogens with zero attached hydrogens (tertiary/aromatic N) is 2. The molecule has 0 fully saturated rings. The van der Waals surface area contributed by atoms with E-state index in [1.54, 1.807) is 13.8 Å². The van der Waals surface area contributed by atoms with Crippen LogP contribution in [0.3, 0.4) is 0 Å². The summed E-state index contributed by atoms with van der Waals surface area (Å²) in [5, 5.41) is 0.564. The molecule has 0 aliphatic carbocycles. The summed E-state index contributed by atoms with van der Waals surface area (Å²) in [5.41, 5.74) is 1.15. The minimum Gasteiger partial charge on any atom is -0.241 e. The molecule has 1 aromatic carbocycles. The van der Waals surface area contributed by atoms with Gasteiger partial charge in [0.1, 0.15) is 11.2 Å². The fourth-order valence-electron chi connectivity index (χ4n) is 1.48. The Hall–Kier alpha value is -1.04. The first kappa shape index (κ1) is 13.4. The van der Waals surface area contributed by atoms with Gasteiger partial charge in [-0.05, 0) is 31.5 Å². The molecule has 0 saturated heterocycles. The van der Waals surface area contributed by atoms with Crippen LogP contribution >= 0.6 is 23.2 Å². The van der Waals surface area contributed by atoms with Crippen LogP contribution in [0.2, 0.25) is 10.0 Å². The monoisotopic (exact) mass is 304 g/mol. The Bertz CT molecular complexity index is 708. The van der Waals surface area contributed by atoms with Crippen LogP contribution in [0.5, 0.6) is 0 Å². The van der Waals surface area contributed by atoms with Crippen molar-refractivity contribution in [3.8, 4) is 0 Å². The smallest absolute Gasteiger partial charge is 0.241 e. The Morgan fingerprint density at radius 2 is 1.89 bits per heavy atom. The Labute approximate surface area is 115 Å². The van der Waals surface area contributed by atoms with Gasteiger partial charge in [-0.3, -0.25) is 0 Å². The topological polar surface area (TPSA) is 52.0 Å². The number of imidazole rings is 1. The molecule has 0 saturated carbocycles. The van der Waals surface area contributed by atoms with Crippen molar-refractivity contribution in [2.45, 2.75) is 18.7 Å². The molecule has 0 unspecified atom stereocenters. The Balaban J connectivity index is 2.66. The first-order chi connectivity index (χ1) is 8.34. The SMILES string of the molecule is Cc1cn(S(=O)(=O)c2ccc(Cl)c(C)c2Cl)cn1. The second-order valence-electron chi connectivity index (χ2n) is 3.83. The third-order valence-electron chi connectivity index (χ3n) is 2.53. The second kappa shape index (κ2) is 4.57. The van der Waals surface area contributed by atoms with Crippen molar-refractivity contribution in [3.63, 3.8) is 0 Å². The molecule has 2 rings (SSSR count). The van der Waals surface area contributed by atoms with Gasteiger partial charge in [0.05, 0.1) is 10.7 Å². The standard InChI is InChI=1S/C11H10Cl2N2O2S/c1-7-5-15(6-14-7)18(16,17)10-4-3-9(12)8(2)11(10)13/h3-6H,1-2H3. The van der Waals surface area contributed by atoms with Crippen LogP contribution in [-0.2, 0) is 10.0 Å². The number of hydrogen-bond acceptors (Lipinski definition) is 3. The molecule has 1 heterocycles. The van der Waals surface area contributed by atoms with Crippen molar-refractivity contribution in [1.82, 2.24) is 8.96 Å². The van der Waals surface area contributed by atoms with Gasteiger partial charge < -0.3 is 0 Å². The Morgan fingerprint density at radius 1 is 1.22 bits per heavy atom. The van der Waals surface area contributed by atoms with Crippen molar-refractivity contribution in [2.75, 3.05) is 0 Å². The fourth-order valence-corrected chi connectivity index (χ4v) is 3.45. The van der Waals surface area contributed by atoms with Gasteiger partial charge in [-0.2, -0.15) is 0 Å². The maximum atomic E-state index is 12.3. The molecule has 7 heteroatoms. The molecule has 0 amide bonds. The Kier molecular flexibility index (Phi) is 3.40. The molecule has 0 N–H and O–H groups in total. The van der Waals surface area contributed by atoms with Crippen LogP contribution in [0.15, 0.2) is 29.6 Å². The molecule has 2 aromatic rings. The van der Waals surface area contributed by atoms with Gasteiger partial charge >= 0.3 is 0 Å². The number of hydrogen-bond donors (Lipinski definition) is 0. The number of benzene rings is 1. The minimum absolute atomic E-state index is 0.0171. The maximum absolute atomic E-state index is 12.3. The lowest BCUT2D eigenvalue weighted by Crippen LogP contribution is -2.12. The van der Waals surface area contributed by atoms with Gasteiger partial charge in [-0.25, -0.2) is 17.4 Å². The van der Waals surface area contributed by atoms with E-state index < -0.39 is 10.0 Å². The molecule has 96 valence electrons. The van der Waals surface area contributed by atoms with Crippen LogP contribution in [0.1, 0.15) is 11.3 Å². The highest BCUT2D eigenvalue weighted by Crippen LogP contribution is 2.31. The van der Waals surface area contributed by atoms with E-state index in [0.29, 0.717) is 16.3 Å². The summed E-state index contributed by atoms with van der Waals surface area (Å²) in [6, 6.07) is 2.90. The molecule has 0 bridgehead atoms. The summed E-state index contributed by atoms with van der Waals surface area (Å²) < 4.78 is 25.7. The summed E-state index contributed by atoms with van der Waals surface area (Å²) in [5.74, 6) is 0. The first-order valence-electron chi connectivity index (χ1n) is 5.05. The molecular weight excluding hydrogens is 295 g/mol. The lowest BCUT2D eigenvalue weighted by Gasteiger charge is -2.09. The zero-order chi connectivity index (χ0) is 13.5. The third kappa shape index (κ3) is 2.13. The van der Waals surface area contributed by atoms with Gasteiger partial charge in [0, 0.05) is 11.2 Å². The van der Waals surface area contributed by atoms with E-state index in [0.717, 1.165) is 3.97 Å². The molecular formula is C11H10Cl2N2O2S. The van der Waals surface area contributed by atoms with E-state index in [4.69, 9.17) is 23.2 Å². The van der Waals surface area contributed by atoms with Crippen molar-refractivity contribution < 1.29 is 8.42 Å². The molecule has 1 aromatic heterocycles. The predicted octanol–water partition coefficient (Wildman–Crippen LogP) is 3.04. The van der Waals surface area contributed by atoms with E-state index in [9.17, 15) is 8.42 Å². The van der Waals surface area contributed by atoms with Crippen LogP contribution in [-0.4, -0.2) is 17.4 Å². The van der Waals surface area contributed by atoms with Gasteiger partial charge in [-0.15, -0.1) is 0 Å². The van der Waals surface area contributed by atoms with Crippen molar-refractivity contribution >= 4 is 33.2 Å². The highest BCUT2D eigenvalue weighted by atomic mass is 35.5. The average Bonchev–Trinajstić information content (AvgIpc) is 2.73. The van der Waals surface area contributed by atoms with Crippen molar-refractivity contribution in [1.29, 1.82) is 0 Å². The van der Waals surface area contributed by atoms with E-state index in [1.807, 2.05) is 0 Å². The largest absolute Gasteiger partial charge is 0.270 e. The summed E-state index contributed by atoms with van der Waals surface area (Å²) in [4.78, 5) is 3.91. The van der Waals surface area contributed by atoms with Crippen LogP contribution in [0, 0.1) is 13.8 Å². The van der Waals surface area contributed by atoms with Gasteiger partial charge in [0.2, 0.25) is 0 Å². The highest BCUT2D eigenvalue weighted by molar-refractivity contribution is 7.90. The number of halogens is 2. The maximum Gasteiger partial charge on any atom is 0.270 e. The highest BCUT2D eigenvalue weighted by Gasteiger charge is 2.22. The number of aryl methyl sites for hydroxylation is 1. The molecule has 0 radical (unpaired) electrons. The molecule has 18 heavy (non-hydrogen) atoms. The second-order valence-corrected chi connectivity index (χ2v) is 6.43. The van der Waals surface area contributed by atoms with Crippen molar-refractivity contribution in [3.05, 3.63) is 46.0 Å². The molecule has 0 aliphatic heterocycles. The zero-order valence-corrected chi connectivity index (χ0v) is 12.0. The number of rotatable bonds is 2. The minimum atomic E-state index is -3.72. The summed E-state index contributed by atoms with van der Waals surface area (Å²) in [7, 11) is -3.72. The normalized spacial score (nSPS) is 11.8. The first-order valence-corrected chi connectivity index (χ1v) is 7.24. The molecule has 0 aliphatic rings. The van der Waals surface area contributed by atoms with Gasteiger partial charge in [-0.1, -0.05) is 23.2 Å². The summed E-state index contributed by atoms with van der Waals surface area (Å²) in [6.07, 6.45) is 2.67. The summed E-state index contributed by atoms with van der Waals surface area (Å²) in [6.45, 7) is 3.38.